The van der Waals surface area contributed by atoms with Gasteiger partial charge in [0.25, 0.3) is 0 Å². The van der Waals surface area contributed by atoms with Crippen LogP contribution in [0.1, 0.15) is 17.0 Å². The van der Waals surface area contributed by atoms with Crippen LogP contribution in [0.15, 0.2) is 66.3 Å². The van der Waals surface area contributed by atoms with Crippen LogP contribution < -0.4 is 4.74 Å². The summed E-state index contributed by atoms with van der Waals surface area (Å²) >= 11 is 7.80. The van der Waals surface area contributed by atoms with E-state index in [4.69, 9.17) is 16.3 Å². The van der Waals surface area contributed by atoms with Gasteiger partial charge in [0.1, 0.15) is 12.4 Å². The molecule has 0 saturated carbocycles. The van der Waals surface area contributed by atoms with Gasteiger partial charge in [0, 0.05) is 12.3 Å². The van der Waals surface area contributed by atoms with E-state index in [1.54, 1.807) is 17.8 Å². The largest absolute Gasteiger partial charge is 0.484 e. The van der Waals surface area contributed by atoms with E-state index >= 15 is 0 Å². The summed E-state index contributed by atoms with van der Waals surface area (Å²) in [6, 6.07) is 15.8. The highest BCUT2D eigenvalue weighted by Crippen LogP contribution is 2.26. The van der Waals surface area contributed by atoms with E-state index in [2.05, 4.69) is 41.9 Å². The fourth-order valence-electron chi connectivity index (χ4n) is 2.46. The third-order valence-electron chi connectivity index (χ3n) is 3.92. The molecule has 3 rings (SSSR count). The summed E-state index contributed by atoms with van der Waals surface area (Å²) in [6.07, 6.45) is 1.83. The molecular formula is C20H20ClN3OS. The Bertz CT molecular complexity index is 827. The van der Waals surface area contributed by atoms with Gasteiger partial charge in [-0.15, -0.1) is 16.8 Å². The molecule has 1 heterocycles. The van der Waals surface area contributed by atoms with Crippen LogP contribution >= 0.6 is 23.4 Å². The fourth-order valence-corrected chi connectivity index (χ4v) is 3.70. The number of rotatable bonds is 8. The number of allylic oxidation sites excluding steroid dienone is 1. The Morgan fingerprint density at radius 2 is 1.92 bits per heavy atom. The SMILES string of the molecule is C=CCn1c(COc2ccccc2Cl)nnc1SCc1ccccc1C. The second kappa shape index (κ2) is 8.92. The fraction of sp³-hybridized carbons (Fsp3) is 0.200. The summed E-state index contributed by atoms with van der Waals surface area (Å²) < 4.78 is 7.83. The van der Waals surface area contributed by atoms with E-state index in [1.807, 2.05) is 34.9 Å². The molecule has 0 aliphatic rings. The number of benzene rings is 2. The number of ether oxygens (including phenoxy) is 1. The van der Waals surface area contributed by atoms with Gasteiger partial charge in [0.05, 0.1) is 5.02 Å². The smallest absolute Gasteiger partial charge is 0.191 e. The quantitative estimate of drug-likeness (QED) is 0.390. The average Bonchev–Trinajstić information content (AvgIpc) is 3.03. The molecule has 0 radical (unpaired) electrons. The van der Waals surface area contributed by atoms with E-state index in [-0.39, 0.29) is 0 Å². The predicted molar refractivity (Wildman–Crippen MR) is 107 cm³/mol. The third-order valence-corrected chi connectivity index (χ3v) is 5.24. The van der Waals surface area contributed by atoms with Crippen molar-refractivity contribution in [1.29, 1.82) is 0 Å². The summed E-state index contributed by atoms with van der Waals surface area (Å²) in [7, 11) is 0. The lowest BCUT2D eigenvalue weighted by atomic mass is 10.1. The topological polar surface area (TPSA) is 39.9 Å². The lowest BCUT2D eigenvalue weighted by Crippen LogP contribution is -2.07. The van der Waals surface area contributed by atoms with Crippen LogP contribution in [0.25, 0.3) is 0 Å². The first-order valence-corrected chi connectivity index (χ1v) is 9.63. The number of aryl methyl sites for hydroxylation is 1. The standard InChI is InChI=1S/C20H20ClN3OS/c1-3-12-24-19(13-25-18-11-7-6-10-17(18)21)22-23-20(24)26-14-16-9-5-4-8-15(16)2/h3-11H,1,12-14H2,2H3. The number of aromatic nitrogens is 3. The Hall–Kier alpha value is -2.24. The molecular weight excluding hydrogens is 366 g/mol. The summed E-state index contributed by atoms with van der Waals surface area (Å²) in [6.45, 7) is 6.88. The van der Waals surface area contributed by atoms with Crippen LogP contribution in [-0.4, -0.2) is 14.8 Å². The summed E-state index contributed by atoms with van der Waals surface area (Å²) in [4.78, 5) is 0. The summed E-state index contributed by atoms with van der Waals surface area (Å²) in [5.74, 6) is 2.22. The molecule has 0 saturated heterocycles. The predicted octanol–water partition coefficient (Wildman–Crippen LogP) is 5.30. The van der Waals surface area contributed by atoms with Crippen LogP contribution in [0.5, 0.6) is 5.75 Å². The zero-order valence-corrected chi connectivity index (χ0v) is 16.1. The van der Waals surface area contributed by atoms with E-state index < -0.39 is 0 Å². The van der Waals surface area contributed by atoms with Crippen molar-refractivity contribution in [2.75, 3.05) is 0 Å². The van der Waals surface area contributed by atoms with Gasteiger partial charge < -0.3 is 4.74 Å². The van der Waals surface area contributed by atoms with Crippen molar-refractivity contribution in [3.63, 3.8) is 0 Å². The van der Waals surface area contributed by atoms with Crippen LogP contribution in [-0.2, 0) is 18.9 Å². The van der Waals surface area contributed by atoms with E-state index in [1.165, 1.54) is 11.1 Å². The summed E-state index contributed by atoms with van der Waals surface area (Å²) in [5, 5.41) is 10.1. The van der Waals surface area contributed by atoms with Gasteiger partial charge in [0.15, 0.2) is 11.0 Å². The monoisotopic (exact) mass is 385 g/mol. The third kappa shape index (κ3) is 4.48. The van der Waals surface area contributed by atoms with Gasteiger partial charge in [-0.25, -0.2) is 0 Å². The van der Waals surface area contributed by atoms with Crippen LogP contribution in [0.4, 0.5) is 0 Å². The summed E-state index contributed by atoms with van der Waals surface area (Å²) in [5.41, 5.74) is 2.57. The molecule has 6 heteroatoms. The number of nitrogens with zero attached hydrogens (tertiary/aromatic N) is 3. The molecule has 134 valence electrons. The Morgan fingerprint density at radius 1 is 1.15 bits per heavy atom. The number of hydrogen-bond donors (Lipinski definition) is 0. The van der Waals surface area contributed by atoms with Gasteiger partial charge in [0.2, 0.25) is 0 Å². The molecule has 0 amide bonds. The van der Waals surface area contributed by atoms with Crippen molar-refractivity contribution >= 4 is 23.4 Å². The zero-order chi connectivity index (χ0) is 18.4. The van der Waals surface area contributed by atoms with Crippen molar-refractivity contribution in [3.05, 3.63) is 83.2 Å². The minimum atomic E-state index is 0.301. The van der Waals surface area contributed by atoms with Crippen LogP contribution in [0.2, 0.25) is 5.02 Å². The first-order chi connectivity index (χ1) is 12.7. The van der Waals surface area contributed by atoms with Gasteiger partial charge in [-0.1, -0.05) is 65.8 Å². The van der Waals surface area contributed by atoms with Crippen LogP contribution in [0.3, 0.4) is 0 Å². The molecule has 26 heavy (non-hydrogen) atoms. The Kier molecular flexibility index (Phi) is 6.36. The lowest BCUT2D eigenvalue weighted by molar-refractivity contribution is 0.289. The first kappa shape index (κ1) is 18.5. The minimum absolute atomic E-state index is 0.301. The van der Waals surface area contributed by atoms with Crippen molar-refractivity contribution < 1.29 is 4.74 Å². The lowest BCUT2D eigenvalue weighted by Gasteiger charge is -2.10. The number of thioether (sulfide) groups is 1. The van der Waals surface area contributed by atoms with E-state index in [0.29, 0.717) is 23.9 Å². The maximum atomic E-state index is 6.14. The number of halogens is 1. The first-order valence-electron chi connectivity index (χ1n) is 8.26. The molecule has 0 fully saturated rings. The van der Waals surface area contributed by atoms with E-state index in [9.17, 15) is 0 Å². The molecule has 0 unspecified atom stereocenters. The minimum Gasteiger partial charge on any atom is -0.484 e. The second-order valence-electron chi connectivity index (χ2n) is 5.73. The van der Waals surface area contributed by atoms with Gasteiger partial charge in [-0.2, -0.15) is 0 Å². The van der Waals surface area contributed by atoms with Crippen LogP contribution in [0, 0.1) is 6.92 Å². The maximum absolute atomic E-state index is 6.14. The Labute approximate surface area is 162 Å². The highest BCUT2D eigenvalue weighted by Gasteiger charge is 2.13. The average molecular weight is 386 g/mol. The van der Waals surface area contributed by atoms with Gasteiger partial charge in [-0.3, -0.25) is 4.57 Å². The van der Waals surface area contributed by atoms with Gasteiger partial charge >= 0.3 is 0 Å². The molecule has 0 spiro atoms. The molecule has 0 bridgehead atoms. The van der Waals surface area contributed by atoms with Gasteiger partial charge in [-0.05, 0) is 30.2 Å². The molecule has 0 aliphatic carbocycles. The van der Waals surface area contributed by atoms with Crippen molar-refractivity contribution in [1.82, 2.24) is 14.8 Å². The van der Waals surface area contributed by atoms with E-state index in [0.717, 1.165) is 16.7 Å². The van der Waals surface area contributed by atoms with Crippen molar-refractivity contribution in [2.24, 2.45) is 0 Å². The second-order valence-corrected chi connectivity index (χ2v) is 7.08. The molecule has 0 aliphatic heterocycles. The van der Waals surface area contributed by atoms with Crippen molar-refractivity contribution in [3.8, 4) is 5.75 Å². The maximum Gasteiger partial charge on any atom is 0.191 e. The molecule has 1 aromatic heterocycles. The highest BCUT2D eigenvalue weighted by atomic mass is 35.5. The molecule has 3 aromatic rings. The molecule has 2 aromatic carbocycles. The zero-order valence-electron chi connectivity index (χ0n) is 14.6. The van der Waals surface area contributed by atoms with Crippen molar-refractivity contribution in [2.45, 2.75) is 31.0 Å². The highest BCUT2D eigenvalue weighted by molar-refractivity contribution is 7.98. The normalized spacial score (nSPS) is 10.7. The number of para-hydroxylation sites is 1. The molecule has 4 nitrogen and oxygen atoms in total. The Morgan fingerprint density at radius 3 is 2.69 bits per heavy atom. The number of hydrogen-bond acceptors (Lipinski definition) is 4. The molecule has 0 N–H and O–H groups in total. The molecule has 0 atom stereocenters. The Balaban J connectivity index is 1.72.